The average Bonchev–Trinajstić information content (AvgIpc) is 3.28. The fourth-order valence-electron chi connectivity index (χ4n) is 3.84. The van der Waals surface area contributed by atoms with Crippen LogP contribution in [0.2, 0.25) is 0 Å². The number of nitrogens with one attached hydrogen (secondary N) is 3. The van der Waals surface area contributed by atoms with Crippen molar-refractivity contribution in [3.63, 3.8) is 0 Å². The Balaban J connectivity index is 1.97. The van der Waals surface area contributed by atoms with E-state index in [4.69, 9.17) is 0 Å². The van der Waals surface area contributed by atoms with Gasteiger partial charge in [-0.25, -0.2) is 9.78 Å². The van der Waals surface area contributed by atoms with E-state index in [1.165, 1.54) is 83.4 Å². The fraction of sp³-hybridized carbons (Fsp3) is 0.800. The van der Waals surface area contributed by atoms with E-state index >= 15 is 0 Å². The van der Waals surface area contributed by atoms with Gasteiger partial charge in [0.05, 0.1) is 12.4 Å². The highest BCUT2D eigenvalue weighted by molar-refractivity contribution is 5.86. The molecule has 0 aromatic carbocycles. The molecule has 7 heteroatoms. The lowest BCUT2D eigenvalue weighted by Crippen LogP contribution is -2.50. The molecule has 0 bridgehead atoms. The number of carbonyl (C=O) groups is 2. The number of carbonyl (C=O) groups excluding carboxylic acids is 1. The maximum atomic E-state index is 12.3. The standard InChI is InChI=1S/C25H46N4O3/c1-3-4-5-6-7-8-9-10-11-12-13-14-15-16-17-27-21(2)24(30)29-23(25(31)32)18-22-19-26-20-28-22/h19-21,23,27H,3-18H2,1-2H3,(H,26,28)(H,29,30)(H,31,32)/t21-,23-/m0/s1. The van der Waals surface area contributed by atoms with Crippen LogP contribution in [0, 0.1) is 0 Å². The number of aromatic nitrogens is 2. The molecule has 1 aromatic rings. The third kappa shape index (κ3) is 14.2. The summed E-state index contributed by atoms with van der Waals surface area (Å²) in [6, 6.07) is -1.38. The number of aliphatic carboxylic acids is 1. The Labute approximate surface area is 194 Å². The summed E-state index contributed by atoms with van der Waals surface area (Å²) in [5.74, 6) is -1.34. The molecule has 0 radical (unpaired) electrons. The molecule has 184 valence electrons. The lowest BCUT2D eigenvalue weighted by atomic mass is 10.0. The number of imidazole rings is 1. The Hall–Kier alpha value is -1.89. The van der Waals surface area contributed by atoms with Crippen LogP contribution in [0.4, 0.5) is 0 Å². The molecule has 0 aliphatic heterocycles. The summed E-state index contributed by atoms with van der Waals surface area (Å²) >= 11 is 0. The molecule has 4 N–H and O–H groups in total. The number of hydrogen-bond donors (Lipinski definition) is 4. The topological polar surface area (TPSA) is 107 Å². The first-order chi connectivity index (χ1) is 15.5. The van der Waals surface area contributed by atoms with Crippen molar-refractivity contribution < 1.29 is 14.7 Å². The maximum absolute atomic E-state index is 12.3. The molecular formula is C25H46N4O3. The highest BCUT2D eigenvalue weighted by Crippen LogP contribution is 2.12. The first-order valence-electron chi connectivity index (χ1n) is 12.8. The Bertz CT molecular complexity index is 592. The van der Waals surface area contributed by atoms with E-state index in [1.807, 2.05) is 0 Å². The van der Waals surface area contributed by atoms with Gasteiger partial charge in [-0.1, -0.05) is 90.4 Å². The van der Waals surface area contributed by atoms with Crippen LogP contribution in [-0.2, 0) is 16.0 Å². The smallest absolute Gasteiger partial charge is 0.326 e. The molecule has 0 aliphatic rings. The Morgan fingerprint density at radius 1 is 0.938 bits per heavy atom. The molecule has 2 atom stereocenters. The second-order valence-corrected chi connectivity index (χ2v) is 8.95. The second-order valence-electron chi connectivity index (χ2n) is 8.95. The molecule has 32 heavy (non-hydrogen) atoms. The van der Waals surface area contributed by atoms with Gasteiger partial charge in [-0.05, 0) is 19.9 Å². The summed E-state index contributed by atoms with van der Waals surface area (Å²) in [4.78, 5) is 30.5. The van der Waals surface area contributed by atoms with Gasteiger partial charge in [-0.3, -0.25) is 4.79 Å². The lowest BCUT2D eigenvalue weighted by molar-refractivity contribution is -0.142. The summed E-state index contributed by atoms with van der Waals surface area (Å²) in [7, 11) is 0. The zero-order valence-corrected chi connectivity index (χ0v) is 20.3. The third-order valence-corrected chi connectivity index (χ3v) is 5.97. The van der Waals surface area contributed by atoms with E-state index in [0.29, 0.717) is 5.69 Å². The molecule has 0 unspecified atom stereocenters. The molecule has 1 heterocycles. The van der Waals surface area contributed by atoms with Gasteiger partial charge in [0.15, 0.2) is 0 Å². The van der Waals surface area contributed by atoms with Crippen LogP contribution < -0.4 is 10.6 Å². The van der Waals surface area contributed by atoms with Crippen LogP contribution in [0.5, 0.6) is 0 Å². The van der Waals surface area contributed by atoms with Gasteiger partial charge in [-0.2, -0.15) is 0 Å². The van der Waals surface area contributed by atoms with Crippen LogP contribution >= 0.6 is 0 Å². The molecule has 7 nitrogen and oxygen atoms in total. The van der Waals surface area contributed by atoms with Crippen LogP contribution in [0.3, 0.4) is 0 Å². The van der Waals surface area contributed by atoms with Crippen molar-refractivity contribution in [2.24, 2.45) is 0 Å². The predicted molar refractivity (Wildman–Crippen MR) is 130 cm³/mol. The van der Waals surface area contributed by atoms with Crippen molar-refractivity contribution in [2.45, 2.75) is 122 Å². The number of nitrogens with zero attached hydrogens (tertiary/aromatic N) is 1. The van der Waals surface area contributed by atoms with Gasteiger partial charge < -0.3 is 20.7 Å². The fourth-order valence-corrected chi connectivity index (χ4v) is 3.84. The highest BCUT2D eigenvalue weighted by Gasteiger charge is 2.23. The van der Waals surface area contributed by atoms with Crippen LogP contribution in [0.1, 0.15) is 109 Å². The lowest BCUT2D eigenvalue weighted by Gasteiger charge is -2.18. The third-order valence-electron chi connectivity index (χ3n) is 5.97. The first kappa shape index (κ1) is 28.1. The van der Waals surface area contributed by atoms with Crippen molar-refractivity contribution in [1.29, 1.82) is 0 Å². The molecule has 0 spiro atoms. The molecule has 0 saturated carbocycles. The van der Waals surface area contributed by atoms with Crippen LogP contribution in [-0.4, -0.2) is 45.6 Å². The number of H-pyrrole nitrogens is 1. The summed E-state index contributed by atoms with van der Waals surface area (Å²) in [5.41, 5.74) is 0.681. The molecule has 0 aliphatic carbocycles. The number of unbranched alkanes of at least 4 members (excludes halogenated alkanes) is 13. The quantitative estimate of drug-likeness (QED) is 0.198. The van der Waals surface area contributed by atoms with Crippen molar-refractivity contribution >= 4 is 11.9 Å². The monoisotopic (exact) mass is 450 g/mol. The molecule has 1 aromatic heterocycles. The van der Waals surface area contributed by atoms with Crippen LogP contribution in [0.25, 0.3) is 0 Å². The normalized spacial score (nSPS) is 13.1. The number of carboxylic acid groups (broad SMARTS) is 1. The van der Waals surface area contributed by atoms with Gasteiger partial charge in [0, 0.05) is 18.3 Å². The van der Waals surface area contributed by atoms with Gasteiger partial charge in [0.2, 0.25) is 5.91 Å². The summed E-state index contributed by atoms with van der Waals surface area (Å²) in [6.07, 6.45) is 21.8. The second kappa shape index (κ2) is 18.7. The summed E-state index contributed by atoms with van der Waals surface area (Å²) in [5, 5.41) is 15.2. The number of aromatic amines is 1. The number of hydrogen-bond acceptors (Lipinski definition) is 4. The van der Waals surface area contributed by atoms with E-state index in [-0.39, 0.29) is 12.3 Å². The van der Waals surface area contributed by atoms with E-state index in [1.54, 1.807) is 13.1 Å². The minimum atomic E-state index is -1.05. The minimum absolute atomic E-state index is 0.187. The largest absolute Gasteiger partial charge is 0.480 e. The van der Waals surface area contributed by atoms with E-state index < -0.39 is 18.1 Å². The zero-order valence-electron chi connectivity index (χ0n) is 20.3. The van der Waals surface area contributed by atoms with Gasteiger partial charge in [0.1, 0.15) is 6.04 Å². The van der Waals surface area contributed by atoms with Gasteiger partial charge in [-0.15, -0.1) is 0 Å². The maximum Gasteiger partial charge on any atom is 0.326 e. The number of amides is 1. The number of carboxylic acids is 1. The van der Waals surface area contributed by atoms with Gasteiger partial charge in [0.25, 0.3) is 0 Å². The summed E-state index contributed by atoms with van der Waals surface area (Å²) in [6.45, 7) is 4.80. The van der Waals surface area contributed by atoms with Crippen LogP contribution in [0.15, 0.2) is 12.5 Å². The Morgan fingerprint density at radius 2 is 1.47 bits per heavy atom. The molecule has 1 rings (SSSR count). The predicted octanol–water partition coefficient (Wildman–Crippen LogP) is 4.98. The minimum Gasteiger partial charge on any atom is -0.480 e. The summed E-state index contributed by atoms with van der Waals surface area (Å²) < 4.78 is 0. The van der Waals surface area contributed by atoms with E-state index in [2.05, 4.69) is 27.5 Å². The Morgan fingerprint density at radius 3 is 1.94 bits per heavy atom. The zero-order chi connectivity index (χ0) is 23.4. The van der Waals surface area contributed by atoms with E-state index in [9.17, 15) is 14.7 Å². The van der Waals surface area contributed by atoms with Crippen molar-refractivity contribution in [3.8, 4) is 0 Å². The van der Waals surface area contributed by atoms with Gasteiger partial charge >= 0.3 is 5.97 Å². The highest BCUT2D eigenvalue weighted by atomic mass is 16.4. The first-order valence-corrected chi connectivity index (χ1v) is 12.8. The average molecular weight is 451 g/mol. The molecule has 0 saturated heterocycles. The SMILES string of the molecule is CCCCCCCCCCCCCCCCN[C@@H](C)C(=O)N[C@@H](Cc1cnc[nH]1)C(=O)O. The van der Waals surface area contributed by atoms with E-state index in [0.717, 1.165) is 19.4 Å². The number of rotatable bonds is 21. The van der Waals surface area contributed by atoms with Crippen molar-refractivity contribution in [3.05, 3.63) is 18.2 Å². The molecule has 1 amide bonds. The Kier molecular flexibility index (Phi) is 16.4. The molecule has 0 fully saturated rings. The molecular weight excluding hydrogens is 404 g/mol. The van der Waals surface area contributed by atoms with Crippen molar-refractivity contribution in [2.75, 3.05) is 6.54 Å². The van der Waals surface area contributed by atoms with Crippen molar-refractivity contribution in [1.82, 2.24) is 20.6 Å².